The van der Waals surface area contributed by atoms with Crippen LogP contribution >= 0.6 is 22.9 Å². The zero-order chi connectivity index (χ0) is 15.4. The van der Waals surface area contributed by atoms with Crippen molar-refractivity contribution in [2.75, 3.05) is 12.4 Å². The maximum Gasteiger partial charge on any atom is 0.305 e. The molecule has 0 spiro atoms. The molecule has 1 heterocycles. The van der Waals surface area contributed by atoms with Gasteiger partial charge in [-0.25, -0.2) is 13.8 Å². The van der Waals surface area contributed by atoms with Crippen LogP contribution in [0, 0.1) is 11.6 Å². The van der Waals surface area contributed by atoms with Gasteiger partial charge in [0.05, 0.1) is 29.9 Å². The molecule has 1 aromatic carbocycles. The first kappa shape index (κ1) is 15.7. The van der Waals surface area contributed by atoms with Gasteiger partial charge in [-0.2, -0.15) is 0 Å². The molecule has 21 heavy (non-hydrogen) atoms. The Hall–Kier alpha value is -1.73. The highest BCUT2D eigenvalue weighted by Gasteiger charge is 2.12. The number of ether oxygens (including phenoxy) is 1. The van der Waals surface area contributed by atoms with Crippen molar-refractivity contribution in [1.82, 2.24) is 4.98 Å². The van der Waals surface area contributed by atoms with Gasteiger partial charge in [-0.05, 0) is 6.07 Å². The second-order valence-electron chi connectivity index (χ2n) is 4.09. The van der Waals surface area contributed by atoms with Crippen molar-refractivity contribution in [1.29, 1.82) is 0 Å². The van der Waals surface area contributed by atoms with Gasteiger partial charge in [-0.3, -0.25) is 4.79 Å². The molecule has 0 radical (unpaired) electrons. The number of methoxy groups -OCH3 is 1. The molecule has 0 fully saturated rings. The summed E-state index contributed by atoms with van der Waals surface area (Å²) in [5.74, 6) is -1.88. The molecule has 2 rings (SSSR count). The van der Waals surface area contributed by atoms with Crippen LogP contribution in [0.5, 0.6) is 0 Å². The minimum atomic E-state index is -0.800. The van der Waals surface area contributed by atoms with E-state index in [-0.39, 0.29) is 23.1 Å². The van der Waals surface area contributed by atoms with Crippen LogP contribution in [0.15, 0.2) is 17.5 Å². The van der Waals surface area contributed by atoms with Gasteiger partial charge >= 0.3 is 5.97 Å². The summed E-state index contributed by atoms with van der Waals surface area (Å²) >= 11 is 7.02. The first-order chi connectivity index (χ1) is 9.99. The molecule has 1 aromatic heterocycles. The smallest absolute Gasteiger partial charge is 0.305 e. The molecule has 0 amide bonds. The predicted octanol–water partition coefficient (Wildman–Crippen LogP) is 3.92. The van der Waals surface area contributed by atoms with E-state index >= 15 is 0 Å². The number of carbonyl (C=O) groups is 1. The van der Waals surface area contributed by atoms with Crippen LogP contribution in [0.4, 0.5) is 19.6 Å². The molecular weight excluding hydrogens is 322 g/mol. The standard InChI is InChI=1S/C13H11ClF2N2O2S/c1-20-11(19)3-2-8-6-21-13(17-8)18-12-9(14)4-7(15)5-10(12)16/h4-6H,2-3H2,1H3,(H,17,18). The van der Waals surface area contributed by atoms with Crippen LogP contribution in [0.25, 0.3) is 0 Å². The predicted molar refractivity (Wildman–Crippen MR) is 77.1 cm³/mol. The van der Waals surface area contributed by atoms with Crippen molar-refractivity contribution in [3.63, 3.8) is 0 Å². The Balaban J connectivity index is 2.08. The second-order valence-corrected chi connectivity index (χ2v) is 5.35. The summed E-state index contributed by atoms with van der Waals surface area (Å²) in [5, 5.41) is 4.78. The Morgan fingerprint density at radius 1 is 1.48 bits per heavy atom. The molecule has 0 unspecified atom stereocenters. The Bertz CT molecular complexity index is 640. The SMILES string of the molecule is COC(=O)CCc1csc(Nc2c(F)cc(F)cc2Cl)n1. The molecule has 0 aliphatic rings. The number of thiazole rings is 1. The van der Waals surface area contributed by atoms with Crippen molar-refractivity contribution in [3.05, 3.63) is 39.9 Å². The van der Waals surface area contributed by atoms with E-state index in [0.29, 0.717) is 17.2 Å². The highest BCUT2D eigenvalue weighted by atomic mass is 35.5. The molecule has 0 bridgehead atoms. The van der Waals surface area contributed by atoms with Gasteiger partial charge in [0.25, 0.3) is 0 Å². The molecular formula is C13H11ClF2N2O2S. The minimum absolute atomic E-state index is 0.0352. The van der Waals surface area contributed by atoms with Crippen LogP contribution < -0.4 is 5.32 Å². The van der Waals surface area contributed by atoms with Crippen LogP contribution in [0.2, 0.25) is 5.02 Å². The topological polar surface area (TPSA) is 51.2 Å². The van der Waals surface area contributed by atoms with Gasteiger partial charge in [0.1, 0.15) is 5.82 Å². The summed E-state index contributed by atoms with van der Waals surface area (Å²) in [6, 6.07) is 1.75. The van der Waals surface area contributed by atoms with E-state index < -0.39 is 11.6 Å². The maximum absolute atomic E-state index is 13.6. The van der Waals surface area contributed by atoms with Crippen molar-refractivity contribution < 1.29 is 18.3 Å². The van der Waals surface area contributed by atoms with E-state index in [1.165, 1.54) is 18.4 Å². The normalized spacial score (nSPS) is 10.5. The molecule has 0 saturated carbocycles. The molecule has 4 nitrogen and oxygen atoms in total. The molecule has 112 valence electrons. The summed E-state index contributed by atoms with van der Waals surface area (Å²) in [6.45, 7) is 0. The van der Waals surface area contributed by atoms with E-state index in [2.05, 4.69) is 15.0 Å². The summed E-state index contributed by atoms with van der Waals surface area (Å²) < 4.78 is 31.1. The Kier molecular flexibility index (Phi) is 5.08. The van der Waals surface area contributed by atoms with Crippen LogP contribution in [0.1, 0.15) is 12.1 Å². The fourth-order valence-corrected chi connectivity index (χ4v) is 2.57. The highest BCUT2D eigenvalue weighted by Crippen LogP contribution is 2.30. The lowest BCUT2D eigenvalue weighted by Crippen LogP contribution is -2.02. The number of esters is 1. The Labute approximate surface area is 128 Å². The Morgan fingerprint density at radius 3 is 2.90 bits per heavy atom. The van der Waals surface area contributed by atoms with Gasteiger partial charge in [-0.15, -0.1) is 11.3 Å². The highest BCUT2D eigenvalue weighted by molar-refractivity contribution is 7.13. The van der Waals surface area contributed by atoms with Crippen molar-refractivity contribution in [2.24, 2.45) is 0 Å². The summed E-state index contributed by atoms with van der Waals surface area (Å²) in [5.41, 5.74) is 0.637. The number of nitrogens with one attached hydrogen (secondary N) is 1. The molecule has 0 aliphatic heterocycles. The summed E-state index contributed by atoms with van der Waals surface area (Å²) in [6.07, 6.45) is 0.635. The number of hydrogen-bond donors (Lipinski definition) is 1. The van der Waals surface area contributed by atoms with Gasteiger partial charge in [0.2, 0.25) is 0 Å². The molecule has 8 heteroatoms. The maximum atomic E-state index is 13.6. The monoisotopic (exact) mass is 332 g/mol. The number of aryl methyl sites for hydroxylation is 1. The van der Waals surface area contributed by atoms with Crippen LogP contribution in [0.3, 0.4) is 0 Å². The van der Waals surface area contributed by atoms with Crippen molar-refractivity contribution >= 4 is 39.7 Å². The Morgan fingerprint density at radius 2 is 2.24 bits per heavy atom. The zero-order valence-electron chi connectivity index (χ0n) is 11.0. The third-order valence-corrected chi connectivity index (χ3v) is 3.71. The zero-order valence-corrected chi connectivity index (χ0v) is 12.5. The average Bonchev–Trinajstić information content (AvgIpc) is 2.88. The third-order valence-electron chi connectivity index (χ3n) is 2.60. The lowest BCUT2D eigenvalue weighted by Gasteiger charge is -2.06. The van der Waals surface area contributed by atoms with Crippen LogP contribution in [-0.4, -0.2) is 18.1 Å². The fourth-order valence-electron chi connectivity index (χ4n) is 1.58. The average molecular weight is 333 g/mol. The molecule has 2 aromatic rings. The number of hydrogen-bond acceptors (Lipinski definition) is 5. The molecule has 1 N–H and O–H groups in total. The third kappa shape index (κ3) is 4.12. The largest absolute Gasteiger partial charge is 0.469 e. The van der Waals surface area contributed by atoms with Gasteiger partial charge < -0.3 is 10.1 Å². The number of aromatic nitrogens is 1. The number of benzene rings is 1. The molecule has 0 saturated heterocycles. The molecule has 0 aliphatic carbocycles. The van der Waals surface area contributed by atoms with E-state index in [1.54, 1.807) is 5.38 Å². The fraction of sp³-hybridized carbons (Fsp3) is 0.231. The lowest BCUT2D eigenvalue weighted by molar-refractivity contribution is -0.140. The number of halogens is 3. The van der Waals surface area contributed by atoms with Crippen molar-refractivity contribution in [2.45, 2.75) is 12.8 Å². The summed E-state index contributed by atoms with van der Waals surface area (Å²) in [7, 11) is 1.32. The minimum Gasteiger partial charge on any atom is -0.469 e. The summed E-state index contributed by atoms with van der Waals surface area (Å²) in [4.78, 5) is 15.2. The molecule has 0 atom stereocenters. The number of anilines is 2. The van der Waals surface area contributed by atoms with E-state index in [1.807, 2.05) is 0 Å². The first-order valence-corrected chi connectivity index (χ1v) is 7.18. The van der Waals surface area contributed by atoms with Crippen molar-refractivity contribution in [3.8, 4) is 0 Å². The number of rotatable bonds is 5. The van der Waals surface area contributed by atoms with E-state index in [9.17, 15) is 13.6 Å². The van der Waals surface area contributed by atoms with Gasteiger partial charge in [-0.1, -0.05) is 11.6 Å². The van der Waals surface area contributed by atoms with E-state index in [0.717, 1.165) is 12.1 Å². The van der Waals surface area contributed by atoms with Crippen LogP contribution in [-0.2, 0) is 16.0 Å². The quantitative estimate of drug-likeness (QED) is 0.843. The first-order valence-electron chi connectivity index (χ1n) is 5.92. The van der Waals surface area contributed by atoms with E-state index in [4.69, 9.17) is 11.6 Å². The second kappa shape index (κ2) is 6.82. The lowest BCUT2D eigenvalue weighted by atomic mass is 10.2. The number of carbonyl (C=O) groups excluding carboxylic acids is 1. The number of nitrogens with zero attached hydrogens (tertiary/aromatic N) is 1. The van der Waals surface area contributed by atoms with Gasteiger partial charge in [0.15, 0.2) is 10.9 Å². The van der Waals surface area contributed by atoms with Gasteiger partial charge in [0, 0.05) is 17.9 Å².